The van der Waals surface area contributed by atoms with Crippen molar-refractivity contribution >= 4 is 28.7 Å². The van der Waals surface area contributed by atoms with Crippen molar-refractivity contribution in [2.45, 2.75) is 25.5 Å². The number of aliphatic hydroxyl groups is 1. The van der Waals surface area contributed by atoms with Crippen molar-refractivity contribution in [1.29, 1.82) is 0 Å². The Hall–Kier alpha value is -2.76. The third-order valence-electron chi connectivity index (χ3n) is 4.91. The fourth-order valence-corrected chi connectivity index (χ4v) is 4.13. The Morgan fingerprint density at radius 3 is 2.52 bits per heavy atom. The fourth-order valence-electron chi connectivity index (χ4n) is 3.47. The van der Waals surface area contributed by atoms with Crippen molar-refractivity contribution < 1.29 is 14.7 Å². The Bertz CT molecular complexity index is 995. The molecule has 4 nitrogen and oxygen atoms in total. The van der Waals surface area contributed by atoms with E-state index in [1.807, 2.05) is 48.7 Å². The van der Waals surface area contributed by atoms with Crippen molar-refractivity contribution in [3.63, 3.8) is 0 Å². The highest BCUT2D eigenvalue weighted by Gasteiger charge is 2.50. The van der Waals surface area contributed by atoms with E-state index < -0.39 is 11.5 Å². The van der Waals surface area contributed by atoms with E-state index in [1.165, 1.54) is 11.3 Å². The van der Waals surface area contributed by atoms with E-state index in [-0.39, 0.29) is 12.2 Å². The first-order chi connectivity index (χ1) is 13.0. The molecular formula is C22H19NO3S. The van der Waals surface area contributed by atoms with E-state index in [4.69, 9.17) is 0 Å². The Kier molecular flexibility index (Phi) is 4.42. The standard InChI is InChI=1S/C22H19NO3S/c1-15-8-10-16(11-9-15)14-23-18-6-3-2-5-17(18)22(26,21(23)25)13-19(24)20-7-4-12-27-20/h2-12,26H,13-14H2,1H3/t22-/m1/s1. The minimum atomic E-state index is -1.83. The third-order valence-corrected chi connectivity index (χ3v) is 5.82. The zero-order chi connectivity index (χ0) is 19.0. The largest absolute Gasteiger partial charge is 0.375 e. The van der Waals surface area contributed by atoms with Gasteiger partial charge >= 0.3 is 0 Å². The van der Waals surface area contributed by atoms with E-state index in [9.17, 15) is 14.7 Å². The maximum absolute atomic E-state index is 13.2. The molecule has 1 N–H and O–H groups in total. The number of rotatable bonds is 5. The molecule has 136 valence electrons. The Balaban J connectivity index is 1.68. The Morgan fingerprint density at radius 1 is 1.07 bits per heavy atom. The number of hydrogen-bond donors (Lipinski definition) is 1. The summed E-state index contributed by atoms with van der Waals surface area (Å²) < 4.78 is 0. The molecular weight excluding hydrogens is 358 g/mol. The zero-order valence-corrected chi connectivity index (χ0v) is 15.7. The highest BCUT2D eigenvalue weighted by atomic mass is 32.1. The van der Waals surface area contributed by atoms with E-state index in [2.05, 4.69) is 0 Å². The first-order valence-electron chi connectivity index (χ1n) is 8.75. The number of anilines is 1. The monoisotopic (exact) mass is 377 g/mol. The van der Waals surface area contributed by atoms with E-state index in [0.717, 1.165) is 11.1 Å². The zero-order valence-electron chi connectivity index (χ0n) is 14.9. The molecule has 5 heteroatoms. The van der Waals surface area contributed by atoms with Crippen molar-refractivity contribution in [3.05, 3.63) is 87.6 Å². The first kappa shape index (κ1) is 17.6. The van der Waals surface area contributed by atoms with Crippen LogP contribution in [0, 0.1) is 6.92 Å². The highest BCUT2D eigenvalue weighted by Crippen LogP contribution is 2.43. The summed E-state index contributed by atoms with van der Waals surface area (Å²) in [5, 5.41) is 13.1. The van der Waals surface area contributed by atoms with Gasteiger partial charge in [0.2, 0.25) is 0 Å². The minimum absolute atomic E-state index is 0.229. The van der Waals surface area contributed by atoms with Crippen LogP contribution in [0.3, 0.4) is 0 Å². The second kappa shape index (κ2) is 6.76. The lowest BCUT2D eigenvalue weighted by Crippen LogP contribution is -2.41. The second-order valence-electron chi connectivity index (χ2n) is 6.83. The van der Waals surface area contributed by atoms with Gasteiger partial charge in [-0.05, 0) is 30.0 Å². The molecule has 1 amide bonds. The molecule has 1 aliphatic rings. The van der Waals surface area contributed by atoms with Gasteiger partial charge in [-0.3, -0.25) is 9.59 Å². The number of ketones is 1. The number of amides is 1. The van der Waals surface area contributed by atoms with Crippen LogP contribution in [0.2, 0.25) is 0 Å². The van der Waals surface area contributed by atoms with Crippen LogP contribution < -0.4 is 4.90 Å². The van der Waals surface area contributed by atoms with Crippen LogP contribution in [0.5, 0.6) is 0 Å². The average Bonchev–Trinajstić information content (AvgIpc) is 3.27. The number of aryl methyl sites for hydroxylation is 1. The summed E-state index contributed by atoms with van der Waals surface area (Å²) in [4.78, 5) is 27.9. The number of carbonyl (C=O) groups excluding carboxylic acids is 2. The maximum atomic E-state index is 13.2. The third kappa shape index (κ3) is 3.09. The second-order valence-corrected chi connectivity index (χ2v) is 7.78. The lowest BCUT2D eigenvalue weighted by molar-refractivity contribution is -0.136. The van der Waals surface area contributed by atoms with E-state index >= 15 is 0 Å². The molecule has 3 aromatic rings. The van der Waals surface area contributed by atoms with Crippen molar-refractivity contribution in [3.8, 4) is 0 Å². The molecule has 0 aliphatic carbocycles. The molecule has 1 aliphatic heterocycles. The predicted molar refractivity (Wildman–Crippen MR) is 106 cm³/mol. The molecule has 0 bridgehead atoms. The number of thiophene rings is 1. The number of benzene rings is 2. The van der Waals surface area contributed by atoms with Crippen LogP contribution >= 0.6 is 11.3 Å². The molecule has 1 atom stereocenters. The van der Waals surface area contributed by atoms with Crippen molar-refractivity contribution in [2.75, 3.05) is 4.90 Å². The summed E-state index contributed by atoms with van der Waals surface area (Å²) in [6.07, 6.45) is -0.256. The summed E-state index contributed by atoms with van der Waals surface area (Å²) in [5.41, 5.74) is 1.43. The van der Waals surface area contributed by atoms with Gasteiger partial charge in [-0.15, -0.1) is 11.3 Å². The van der Waals surface area contributed by atoms with Crippen LogP contribution in [0.15, 0.2) is 66.0 Å². The van der Waals surface area contributed by atoms with Gasteiger partial charge in [0.25, 0.3) is 5.91 Å². The fraction of sp³-hybridized carbons (Fsp3) is 0.182. The van der Waals surface area contributed by atoms with Gasteiger partial charge in [0.05, 0.1) is 23.5 Å². The van der Waals surface area contributed by atoms with Gasteiger partial charge in [-0.1, -0.05) is 54.1 Å². The summed E-state index contributed by atoms with van der Waals surface area (Å²) in [6, 6.07) is 18.6. The molecule has 1 aromatic heterocycles. The lowest BCUT2D eigenvalue weighted by Gasteiger charge is -2.22. The topological polar surface area (TPSA) is 57.6 Å². The number of para-hydroxylation sites is 1. The molecule has 4 rings (SSSR count). The molecule has 0 unspecified atom stereocenters. The Morgan fingerprint density at radius 2 is 1.81 bits per heavy atom. The normalized spacial score (nSPS) is 18.6. The molecule has 0 saturated carbocycles. The van der Waals surface area contributed by atoms with Gasteiger partial charge in [0, 0.05) is 5.56 Å². The quantitative estimate of drug-likeness (QED) is 0.682. The van der Waals surface area contributed by atoms with Gasteiger partial charge in [0.15, 0.2) is 11.4 Å². The molecule has 0 saturated heterocycles. The number of carbonyl (C=O) groups is 2. The SMILES string of the molecule is Cc1ccc(CN2C(=O)[C@@](O)(CC(=O)c3cccs3)c3ccccc32)cc1. The maximum Gasteiger partial charge on any atom is 0.264 e. The number of Topliss-reactive ketones (excluding diaryl/α,β-unsaturated/α-hetero) is 1. The van der Waals surface area contributed by atoms with Crippen LogP contribution in [0.4, 0.5) is 5.69 Å². The van der Waals surface area contributed by atoms with Gasteiger partial charge in [-0.2, -0.15) is 0 Å². The van der Waals surface area contributed by atoms with E-state index in [1.54, 1.807) is 29.2 Å². The van der Waals surface area contributed by atoms with Gasteiger partial charge in [-0.25, -0.2) is 0 Å². The van der Waals surface area contributed by atoms with E-state index in [0.29, 0.717) is 22.7 Å². The van der Waals surface area contributed by atoms with Gasteiger partial charge in [0.1, 0.15) is 0 Å². The summed E-state index contributed by atoms with van der Waals surface area (Å²) >= 11 is 1.31. The van der Waals surface area contributed by atoms with Crippen LogP contribution in [-0.2, 0) is 16.9 Å². The number of hydrogen-bond acceptors (Lipinski definition) is 4. The predicted octanol–water partition coefficient (Wildman–Crippen LogP) is 4.06. The van der Waals surface area contributed by atoms with Crippen molar-refractivity contribution in [1.82, 2.24) is 0 Å². The van der Waals surface area contributed by atoms with Gasteiger partial charge < -0.3 is 10.0 Å². The summed E-state index contributed by atoms with van der Waals surface area (Å²) in [6.45, 7) is 2.36. The summed E-state index contributed by atoms with van der Waals surface area (Å²) in [7, 11) is 0. The van der Waals surface area contributed by atoms with Crippen molar-refractivity contribution in [2.24, 2.45) is 0 Å². The minimum Gasteiger partial charge on any atom is -0.375 e. The molecule has 0 fully saturated rings. The molecule has 2 aromatic carbocycles. The van der Waals surface area contributed by atoms with Crippen LogP contribution in [-0.4, -0.2) is 16.8 Å². The first-order valence-corrected chi connectivity index (χ1v) is 9.63. The average molecular weight is 377 g/mol. The summed E-state index contributed by atoms with van der Waals surface area (Å²) in [5.74, 6) is -0.679. The molecule has 0 spiro atoms. The highest BCUT2D eigenvalue weighted by molar-refractivity contribution is 7.12. The Labute approximate surface area is 161 Å². The number of nitrogens with zero attached hydrogens (tertiary/aromatic N) is 1. The molecule has 2 heterocycles. The van der Waals surface area contributed by atoms with Crippen LogP contribution in [0.25, 0.3) is 0 Å². The molecule has 0 radical (unpaired) electrons. The number of fused-ring (bicyclic) bond motifs is 1. The smallest absolute Gasteiger partial charge is 0.264 e. The van der Waals surface area contributed by atoms with Crippen LogP contribution in [0.1, 0.15) is 32.8 Å². The lowest BCUT2D eigenvalue weighted by atomic mass is 9.89. The molecule has 27 heavy (non-hydrogen) atoms.